The Morgan fingerprint density at radius 2 is 2.00 bits per heavy atom. The summed E-state index contributed by atoms with van der Waals surface area (Å²) in [7, 11) is 0. The molecule has 5 heteroatoms. The zero-order valence-corrected chi connectivity index (χ0v) is 13.5. The predicted molar refractivity (Wildman–Crippen MR) is 88.8 cm³/mol. The zero-order chi connectivity index (χ0) is 16.5. The van der Waals surface area contributed by atoms with Gasteiger partial charge in [-0.1, -0.05) is 13.0 Å². The maximum atomic E-state index is 12.3. The Kier molecular flexibility index (Phi) is 6.41. The topological polar surface area (TPSA) is 60.5 Å². The van der Waals surface area contributed by atoms with Gasteiger partial charge in [-0.05, 0) is 43.7 Å². The molecule has 0 spiro atoms. The first-order valence-electron chi connectivity index (χ1n) is 7.82. The number of nitrogens with zero attached hydrogens (tertiary/aromatic N) is 1. The third-order valence-electron chi connectivity index (χ3n) is 3.12. The van der Waals surface area contributed by atoms with E-state index in [0.717, 1.165) is 12.1 Å². The SMILES string of the molecule is CCCOc1ccc(C(=O)NCc2ccccn2)cc1OCC. The molecule has 1 aromatic heterocycles. The fourth-order valence-corrected chi connectivity index (χ4v) is 2.02. The molecule has 1 heterocycles. The van der Waals surface area contributed by atoms with Crippen LogP contribution in [0, 0.1) is 0 Å². The molecule has 1 N–H and O–H groups in total. The molecule has 23 heavy (non-hydrogen) atoms. The lowest BCUT2D eigenvalue weighted by molar-refractivity contribution is 0.0950. The van der Waals surface area contributed by atoms with Gasteiger partial charge in [-0.2, -0.15) is 0 Å². The van der Waals surface area contributed by atoms with E-state index in [1.54, 1.807) is 24.4 Å². The number of hydrogen-bond acceptors (Lipinski definition) is 4. The molecular formula is C18H22N2O3. The van der Waals surface area contributed by atoms with E-state index in [9.17, 15) is 4.79 Å². The van der Waals surface area contributed by atoms with Crippen LogP contribution in [-0.2, 0) is 6.54 Å². The van der Waals surface area contributed by atoms with Crippen molar-refractivity contribution in [1.82, 2.24) is 10.3 Å². The lowest BCUT2D eigenvalue weighted by Crippen LogP contribution is -2.23. The summed E-state index contributed by atoms with van der Waals surface area (Å²) in [6.45, 7) is 5.46. The van der Waals surface area contributed by atoms with Gasteiger partial charge in [0.05, 0.1) is 25.5 Å². The normalized spacial score (nSPS) is 10.2. The second-order valence-corrected chi connectivity index (χ2v) is 4.95. The molecule has 5 nitrogen and oxygen atoms in total. The number of ether oxygens (including phenoxy) is 2. The summed E-state index contributed by atoms with van der Waals surface area (Å²) in [4.78, 5) is 16.4. The van der Waals surface area contributed by atoms with E-state index in [2.05, 4.69) is 10.3 Å². The van der Waals surface area contributed by atoms with Crippen LogP contribution in [0.4, 0.5) is 0 Å². The number of carbonyl (C=O) groups excluding carboxylic acids is 1. The Balaban J connectivity index is 2.05. The van der Waals surface area contributed by atoms with Crippen LogP contribution >= 0.6 is 0 Å². The minimum absolute atomic E-state index is 0.168. The fourth-order valence-electron chi connectivity index (χ4n) is 2.02. The number of aromatic nitrogens is 1. The molecule has 1 amide bonds. The van der Waals surface area contributed by atoms with Crippen molar-refractivity contribution in [3.8, 4) is 11.5 Å². The van der Waals surface area contributed by atoms with Crippen molar-refractivity contribution >= 4 is 5.91 Å². The smallest absolute Gasteiger partial charge is 0.251 e. The first-order chi connectivity index (χ1) is 11.2. The summed E-state index contributed by atoms with van der Waals surface area (Å²) >= 11 is 0. The van der Waals surface area contributed by atoms with Crippen LogP contribution in [0.25, 0.3) is 0 Å². The molecule has 0 radical (unpaired) electrons. The Hall–Kier alpha value is -2.56. The molecule has 1 aromatic carbocycles. The highest BCUT2D eigenvalue weighted by Crippen LogP contribution is 2.28. The Morgan fingerprint density at radius 3 is 2.70 bits per heavy atom. The van der Waals surface area contributed by atoms with E-state index < -0.39 is 0 Å². The Bertz CT molecular complexity index is 629. The fraction of sp³-hybridized carbons (Fsp3) is 0.333. The van der Waals surface area contributed by atoms with Gasteiger partial charge < -0.3 is 14.8 Å². The maximum Gasteiger partial charge on any atom is 0.251 e. The van der Waals surface area contributed by atoms with Crippen LogP contribution in [0.1, 0.15) is 36.3 Å². The maximum absolute atomic E-state index is 12.3. The van der Waals surface area contributed by atoms with E-state index >= 15 is 0 Å². The van der Waals surface area contributed by atoms with E-state index in [1.807, 2.05) is 32.0 Å². The van der Waals surface area contributed by atoms with Gasteiger partial charge in [-0.15, -0.1) is 0 Å². The number of carbonyl (C=O) groups is 1. The number of pyridine rings is 1. The van der Waals surface area contributed by atoms with Gasteiger partial charge in [0, 0.05) is 11.8 Å². The molecule has 2 aromatic rings. The average Bonchev–Trinajstić information content (AvgIpc) is 2.59. The van der Waals surface area contributed by atoms with E-state index in [0.29, 0.717) is 36.8 Å². The first kappa shape index (κ1) is 16.8. The quantitative estimate of drug-likeness (QED) is 0.813. The molecular weight excluding hydrogens is 292 g/mol. The molecule has 0 aliphatic rings. The van der Waals surface area contributed by atoms with Gasteiger partial charge >= 0.3 is 0 Å². The number of benzene rings is 1. The number of hydrogen-bond donors (Lipinski definition) is 1. The zero-order valence-electron chi connectivity index (χ0n) is 13.5. The van der Waals surface area contributed by atoms with Crippen LogP contribution in [0.5, 0.6) is 11.5 Å². The summed E-state index contributed by atoms with van der Waals surface area (Å²) in [5, 5.41) is 2.85. The van der Waals surface area contributed by atoms with Crippen LogP contribution < -0.4 is 14.8 Å². The van der Waals surface area contributed by atoms with Gasteiger partial charge in [-0.3, -0.25) is 9.78 Å². The summed E-state index contributed by atoms with van der Waals surface area (Å²) < 4.78 is 11.2. The molecule has 0 unspecified atom stereocenters. The van der Waals surface area contributed by atoms with Crippen molar-refractivity contribution in [3.05, 3.63) is 53.9 Å². The lowest BCUT2D eigenvalue weighted by atomic mass is 10.2. The van der Waals surface area contributed by atoms with Gasteiger partial charge in [0.15, 0.2) is 11.5 Å². The number of nitrogens with one attached hydrogen (secondary N) is 1. The molecule has 0 fully saturated rings. The molecule has 122 valence electrons. The summed E-state index contributed by atoms with van der Waals surface area (Å²) in [6.07, 6.45) is 2.62. The first-order valence-corrected chi connectivity index (χ1v) is 7.82. The second kappa shape index (κ2) is 8.78. The monoisotopic (exact) mass is 314 g/mol. The molecule has 0 aliphatic heterocycles. The predicted octanol–water partition coefficient (Wildman–Crippen LogP) is 3.20. The van der Waals surface area contributed by atoms with Crippen LogP contribution in [-0.4, -0.2) is 24.1 Å². The van der Waals surface area contributed by atoms with Crippen molar-refractivity contribution in [1.29, 1.82) is 0 Å². The van der Waals surface area contributed by atoms with Gasteiger partial charge in [0.25, 0.3) is 5.91 Å². The van der Waals surface area contributed by atoms with Gasteiger partial charge in [0.1, 0.15) is 0 Å². The summed E-state index contributed by atoms with van der Waals surface area (Å²) in [6, 6.07) is 10.8. The Labute approximate surface area is 136 Å². The molecule has 0 saturated heterocycles. The van der Waals surface area contributed by atoms with Crippen molar-refractivity contribution in [3.63, 3.8) is 0 Å². The highest BCUT2D eigenvalue weighted by atomic mass is 16.5. The van der Waals surface area contributed by atoms with Crippen molar-refractivity contribution in [2.24, 2.45) is 0 Å². The van der Waals surface area contributed by atoms with E-state index in [1.165, 1.54) is 0 Å². The van der Waals surface area contributed by atoms with Crippen LogP contribution in [0.15, 0.2) is 42.6 Å². The summed E-state index contributed by atoms with van der Waals surface area (Å²) in [5.74, 6) is 1.08. The lowest BCUT2D eigenvalue weighted by Gasteiger charge is -2.13. The molecule has 0 bridgehead atoms. The highest BCUT2D eigenvalue weighted by molar-refractivity contribution is 5.94. The summed E-state index contributed by atoms with van der Waals surface area (Å²) in [5.41, 5.74) is 1.35. The van der Waals surface area contributed by atoms with Gasteiger partial charge in [-0.25, -0.2) is 0 Å². The molecule has 2 rings (SSSR count). The van der Waals surface area contributed by atoms with Gasteiger partial charge in [0.2, 0.25) is 0 Å². The highest BCUT2D eigenvalue weighted by Gasteiger charge is 2.11. The molecule has 0 saturated carbocycles. The number of amides is 1. The van der Waals surface area contributed by atoms with E-state index in [4.69, 9.17) is 9.47 Å². The van der Waals surface area contributed by atoms with E-state index in [-0.39, 0.29) is 5.91 Å². The van der Waals surface area contributed by atoms with Crippen molar-refractivity contribution < 1.29 is 14.3 Å². The second-order valence-electron chi connectivity index (χ2n) is 4.95. The third-order valence-corrected chi connectivity index (χ3v) is 3.12. The molecule has 0 atom stereocenters. The number of rotatable bonds is 8. The minimum atomic E-state index is -0.168. The Morgan fingerprint density at radius 1 is 1.13 bits per heavy atom. The van der Waals surface area contributed by atoms with Crippen LogP contribution in [0.3, 0.4) is 0 Å². The molecule has 0 aliphatic carbocycles. The third kappa shape index (κ3) is 4.98. The standard InChI is InChI=1S/C18H22N2O3/c1-3-11-23-16-9-8-14(12-17(16)22-4-2)18(21)20-13-15-7-5-6-10-19-15/h5-10,12H,3-4,11,13H2,1-2H3,(H,20,21). The van der Waals surface area contributed by atoms with Crippen molar-refractivity contribution in [2.45, 2.75) is 26.8 Å². The largest absolute Gasteiger partial charge is 0.490 e. The van der Waals surface area contributed by atoms with Crippen LogP contribution in [0.2, 0.25) is 0 Å². The van der Waals surface area contributed by atoms with Crippen molar-refractivity contribution in [2.75, 3.05) is 13.2 Å². The average molecular weight is 314 g/mol. The minimum Gasteiger partial charge on any atom is -0.490 e.